The molecule has 20 nitrogen and oxygen atoms in total. The maximum absolute atomic E-state index is 14.6. The lowest BCUT2D eigenvalue weighted by Gasteiger charge is -2.35. The largest absolute Gasteiger partial charge is 0.289 e. The lowest BCUT2D eigenvalue weighted by molar-refractivity contribution is -0.385. The molecule has 0 aromatic heterocycles. The normalized spacial score (nSPS) is 24.4. The van der Waals surface area contributed by atoms with Crippen LogP contribution >= 0.6 is 23.2 Å². The fourth-order valence-electron chi connectivity index (χ4n) is 8.15. The number of benzene rings is 4. The summed E-state index contributed by atoms with van der Waals surface area (Å²) in [5, 5.41) is 48.9. The summed E-state index contributed by atoms with van der Waals surface area (Å²) in [5.74, 6) is -6.32. The maximum atomic E-state index is 14.6. The number of nitro groups is 4. The van der Waals surface area contributed by atoms with E-state index >= 15 is 0 Å². The third-order valence-electron chi connectivity index (χ3n) is 10.4. The van der Waals surface area contributed by atoms with E-state index in [2.05, 4.69) is 0 Å². The van der Waals surface area contributed by atoms with Crippen LogP contribution in [0, 0.1) is 52.3 Å². The maximum Gasteiger partial charge on any atom is 0.289 e. The lowest BCUT2D eigenvalue weighted by atomic mass is 9.84. The highest BCUT2D eigenvalue weighted by atomic mass is 35.5. The van der Waals surface area contributed by atoms with E-state index in [-0.39, 0.29) is 43.9 Å². The third-order valence-corrected chi connectivity index (χ3v) is 11.0. The Morgan fingerprint density at radius 2 is 0.786 bits per heavy atom. The summed E-state index contributed by atoms with van der Waals surface area (Å²) in [5.41, 5.74) is -1.84. The van der Waals surface area contributed by atoms with Crippen molar-refractivity contribution in [3.8, 4) is 0 Å². The van der Waals surface area contributed by atoms with Crippen LogP contribution in [0.4, 0.5) is 34.1 Å². The molecule has 0 saturated carbocycles. The molecule has 22 heteroatoms. The van der Waals surface area contributed by atoms with Gasteiger partial charge in [0.2, 0.25) is 11.8 Å². The van der Waals surface area contributed by atoms with Crippen molar-refractivity contribution in [1.82, 2.24) is 10.0 Å². The van der Waals surface area contributed by atoms with E-state index in [1.807, 2.05) is 0 Å². The van der Waals surface area contributed by atoms with Gasteiger partial charge < -0.3 is 0 Å². The number of nitrogens with zero attached hydrogens (tertiary/aromatic N) is 8. The summed E-state index contributed by atoms with van der Waals surface area (Å²) >= 11 is 12.0. The van der Waals surface area contributed by atoms with Crippen molar-refractivity contribution in [1.29, 1.82) is 0 Å². The first-order chi connectivity index (χ1) is 26.6. The second kappa shape index (κ2) is 12.9. The first kappa shape index (κ1) is 36.2. The number of hydrogen-bond acceptors (Lipinski definition) is 14. The van der Waals surface area contributed by atoms with Gasteiger partial charge in [-0.05, 0) is 35.4 Å². The van der Waals surface area contributed by atoms with Crippen LogP contribution in [0.15, 0.2) is 84.9 Å². The zero-order chi connectivity index (χ0) is 40.1. The molecular weight excluding hydrogens is 783 g/mol. The van der Waals surface area contributed by atoms with Crippen LogP contribution in [0.5, 0.6) is 0 Å². The van der Waals surface area contributed by atoms with Crippen molar-refractivity contribution >= 4 is 81.0 Å². The Morgan fingerprint density at radius 1 is 0.446 bits per heavy atom. The van der Waals surface area contributed by atoms with E-state index in [9.17, 15) is 59.6 Å². The summed E-state index contributed by atoms with van der Waals surface area (Å²) < 4.78 is 0. The molecule has 4 aromatic carbocycles. The average molecular weight is 803 g/mol. The summed E-state index contributed by atoms with van der Waals surface area (Å²) in [7, 11) is 0. The Balaban J connectivity index is 1.33. The second-order valence-corrected chi connectivity index (χ2v) is 13.9. The number of carbonyl (C=O) groups is 4. The minimum absolute atomic E-state index is 0.201. The van der Waals surface area contributed by atoms with Crippen LogP contribution in [-0.4, -0.2) is 65.4 Å². The van der Waals surface area contributed by atoms with Crippen LogP contribution in [-0.2, 0) is 19.2 Å². The molecule has 4 fully saturated rings. The second-order valence-electron chi connectivity index (χ2n) is 13.1. The Kier molecular flexibility index (Phi) is 8.38. The van der Waals surface area contributed by atoms with E-state index < -0.39 is 90.7 Å². The quantitative estimate of drug-likeness (QED) is 0.128. The molecule has 4 aromatic rings. The van der Waals surface area contributed by atoms with Crippen molar-refractivity contribution < 1.29 is 38.9 Å². The van der Waals surface area contributed by atoms with Gasteiger partial charge in [0.25, 0.3) is 34.6 Å². The zero-order valence-electron chi connectivity index (χ0n) is 27.8. The molecule has 8 rings (SSSR count). The van der Waals surface area contributed by atoms with Crippen molar-refractivity contribution in [3.05, 3.63) is 147 Å². The predicted molar refractivity (Wildman–Crippen MR) is 191 cm³/mol. The number of halogens is 2. The molecule has 4 heterocycles. The Labute approximate surface area is 321 Å². The van der Waals surface area contributed by atoms with Crippen LogP contribution < -0.4 is 9.80 Å². The molecule has 4 saturated heterocycles. The number of fused-ring (bicyclic) bond motifs is 5. The van der Waals surface area contributed by atoms with Crippen molar-refractivity contribution in [3.63, 3.8) is 0 Å². The van der Waals surface area contributed by atoms with Crippen LogP contribution in [0.2, 0.25) is 10.0 Å². The summed E-state index contributed by atoms with van der Waals surface area (Å²) in [6, 6.07) is 11.0. The average Bonchev–Trinajstić information content (AvgIpc) is 3.83. The molecule has 0 aliphatic carbocycles. The van der Waals surface area contributed by atoms with Gasteiger partial charge >= 0.3 is 0 Å². The number of anilines is 2. The molecule has 282 valence electrons. The Hall–Kier alpha value is -6.74. The smallest absolute Gasteiger partial charge is 0.274 e. The fraction of sp³-hybridized carbons (Fsp3) is 0.176. The van der Waals surface area contributed by atoms with Crippen molar-refractivity contribution in [2.75, 3.05) is 9.80 Å². The molecular formula is C34H20Cl2N8O12. The molecule has 0 bridgehead atoms. The fourth-order valence-corrected chi connectivity index (χ4v) is 8.53. The topological polar surface area (TPSA) is 254 Å². The standard InChI is InChI=1S/C34H20Cl2N8O12/c35-21-11-9-19(13-23(21)43(53)54)37-31(45)25-27(15-1-5-17(6-2-15)41(49)50)39-30-26(32(46)38(34(30)48)20-10-12-22(36)24(14-20)44(55)56)28(40(39)29(25)33(37)47)16-3-7-18(8-4-16)42(51)52/h1-14,25-30H. The van der Waals surface area contributed by atoms with E-state index in [1.54, 1.807) is 0 Å². The molecule has 0 radical (unpaired) electrons. The van der Waals surface area contributed by atoms with E-state index in [0.29, 0.717) is 0 Å². The van der Waals surface area contributed by atoms with Gasteiger partial charge in [0.05, 0.1) is 55.0 Å². The molecule has 56 heavy (non-hydrogen) atoms. The van der Waals surface area contributed by atoms with E-state index in [4.69, 9.17) is 23.2 Å². The van der Waals surface area contributed by atoms with Gasteiger partial charge in [-0.1, -0.05) is 47.5 Å². The molecule has 6 atom stereocenters. The van der Waals surface area contributed by atoms with Gasteiger partial charge in [-0.25, -0.2) is 19.8 Å². The number of nitro benzene ring substituents is 4. The summed E-state index contributed by atoms with van der Waals surface area (Å²) in [4.78, 5) is 104. The summed E-state index contributed by atoms with van der Waals surface area (Å²) in [6.45, 7) is 0. The highest BCUT2D eigenvalue weighted by molar-refractivity contribution is 6.33. The molecule has 6 unspecified atom stereocenters. The number of amides is 4. The minimum Gasteiger partial charge on any atom is -0.274 e. The SMILES string of the molecule is O=C1C2C(C(=O)N1c1ccc(Cl)c([N+](=O)[O-])c1)N1C(c3ccc([N+](=O)[O-])cc3)C3C(=O)N(c4ccc(Cl)c([N+](=O)[O-])c4)C(=O)C3N1C2c1ccc([N+](=O)[O-])cc1. The first-order valence-electron chi connectivity index (χ1n) is 16.3. The minimum atomic E-state index is -1.49. The Morgan fingerprint density at radius 3 is 1.09 bits per heavy atom. The number of rotatable bonds is 8. The van der Waals surface area contributed by atoms with Gasteiger partial charge in [-0.3, -0.25) is 59.6 Å². The monoisotopic (exact) mass is 802 g/mol. The molecule has 4 aliphatic rings. The highest BCUT2D eigenvalue weighted by Crippen LogP contribution is 2.60. The number of non-ortho nitro benzene ring substituents is 2. The van der Waals surface area contributed by atoms with Crippen LogP contribution in [0.3, 0.4) is 0 Å². The lowest BCUT2D eigenvalue weighted by Crippen LogP contribution is -2.50. The third kappa shape index (κ3) is 5.21. The molecule has 4 amide bonds. The number of hydrazine groups is 1. The van der Waals surface area contributed by atoms with Gasteiger partial charge in [-0.2, -0.15) is 0 Å². The van der Waals surface area contributed by atoms with Crippen molar-refractivity contribution in [2.24, 2.45) is 11.8 Å². The molecule has 0 spiro atoms. The van der Waals surface area contributed by atoms with E-state index in [0.717, 1.165) is 58.3 Å². The number of imide groups is 2. The van der Waals surface area contributed by atoms with Gasteiger partial charge in [0, 0.05) is 36.4 Å². The zero-order valence-corrected chi connectivity index (χ0v) is 29.3. The first-order valence-corrected chi connectivity index (χ1v) is 17.1. The number of hydrogen-bond donors (Lipinski definition) is 0. The van der Waals surface area contributed by atoms with Crippen LogP contribution in [0.25, 0.3) is 0 Å². The molecule has 4 aliphatic heterocycles. The van der Waals surface area contributed by atoms with E-state index in [1.165, 1.54) is 46.4 Å². The van der Waals surface area contributed by atoms with Crippen molar-refractivity contribution in [2.45, 2.75) is 24.2 Å². The van der Waals surface area contributed by atoms with Crippen LogP contribution in [0.1, 0.15) is 23.2 Å². The Bertz CT molecular complexity index is 2310. The number of carbonyl (C=O) groups excluding carboxylic acids is 4. The summed E-state index contributed by atoms with van der Waals surface area (Å²) in [6.07, 6.45) is 0. The van der Waals surface area contributed by atoms with Gasteiger partial charge in [0.15, 0.2) is 0 Å². The van der Waals surface area contributed by atoms with Gasteiger partial charge in [0.1, 0.15) is 22.1 Å². The predicted octanol–water partition coefficient (Wildman–Crippen LogP) is 5.07. The highest BCUT2D eigenvalue weighted by Gasteiger charge is 2.73. The molecule has 0 N–H and O–H groups in total. The van der Waals surface area contributed by atoms with Gasteiger partial charge in [-0.15, -0.1) is 0 Å².